The lowest BCUT2D eigenvalue weighted by atomic mass is 9.91. The summed E-state index contributed by atoms with van der Waals surface area (Å²) in [5.41, 5.74) is 9.21. The van der Waals surface area contributed by atoms with Crippen LogP contribution in [-0.2, 0) is 11.3 Å². The van der Waals surface area contributed by atoms with Gasteiger partial charge < -0.3 is 30.7 Å². The van der Waals surface area contributed by atoms with E-state index in [9.17, 15) is 14.4 Å². The highest BCUT2D eigenvalue weighted by molar-refractivity contribution is 9.11. The van der Waals surface area contributed by atoms with Gasteiger partial charge in [-0.2, -0.15) is 0 Å². The first-order chi connectivity index (χ1) is 21.8. The van der Waals surface area contributed by atoms with Crippen LogP contribution < -0.4 is 11.1 Å². The van der Waals surface area contributed by atoms with Gasteiger partial charge in [0.25, 0.3) is 0 Å². The zero-order valence-corrected chi connectivity index (χ0v) is 29.0. The lowest BCUT2D eigenvalue weighted by Crippen LogP contribution is -2.51. The number of hydrogen-bond donors (Lipinski definition) is 2. The fourth-order valence-corrected chi connectivity index (χ4v) is 8.74. The maximum absolute atomic E-state index is 14.0. The van der Waals surface area contributed by atoms with Crippen molar-refractivity contribution in [3.05, 3.63) is 56.5 Å². The van der Waals surface area contributed by atoms with Crippen LogP contribution in [0.1, 0.15) is 67.3 Å². The number of nitrogens with two attached hydrogens (primary N) is 1. The van der Waals surface area contributed by atoms with Crippen LogP contribution in [0.2, 0.25) is 0 Å². The number of para-hydroxylation sites is 1. The molecule has 4 aliphatic rings. The van der Waals surface area contributed by atoms with Crippen molar-refractivity contribution in [1.82, 2.24) is 19.6 Å². The van der Waals surface area contributed by atoms with E-state index in [0.29, 0.717) is 52.4 Å². The number of fused-ring (bicyclic) bond motifs is 1. The van der Waals surface area contributed by atoms with Crippen molar-refractivity contribution >= 4 is 61.0 Å². The maximum Gasteiger partial charge on any atom is 0.322 e. The molecule has 3 fully saturated rings. The number of likely N-dealkylation sites (tertiary alicyclic amines) is 3. The third kappa shape index (κ3) is 7.58. The summed E-state index contributed by atoms with van der Waals surface area (Å²) in [6.45, 7) is 6.60. The highest BCUT2D eigenvalue weighted by Gasteiger charge is 2.35. The van der Waals surface area contributed by atoms with E-state index in [0.717, 1.165) is 50.0 Å². The van der Waals surface area contributed by atoms with E-state index < -0.39 is 5.92 Å². The molecule has 2 aromatic carbocycles. The molecule has 3 saturated heterocycles. The second-order valence-corrected chi connectivity index (χ2v) is 14.8. The van der Waals surface area contributed by atoms with E-state index in [-0.39, 0.29) is 30.2 Å². The number of halogens is 2. The number of carbonyl (C=O) groups excluding carboxylic acids is 3. The van der Waals surface area contributed by atoms with Gasteiger partial charge in [0, 0.05) is 70.8 Å². The van der Waals surface area contributed by atoms with Crippen molar-refractivity contribution in [1.29, 1.82) is 0 Å². The second kappa shape index (κ2) is 14.5. The lowest BCUT2D eigenvalue weighted by Gasteiger charge is -2.41. The Bertz CT molecular complexity index is 1380. The summed E-state index contributed by atoms with van der Waals surface area (Å²) < 4.78 is 1.33. The fourth-order valence-electron chi connectivity index (χ4n) is 7.55. The summed E-state index contributed by atoms with van der Waals surface area (Å²) >= 11 is 6.98. The Morgan fingerprint density at radius 2 is 1.53 bits per heavy atom. The number of amides is 3. The SMILES string of the molecule is Nc1c(Br)cc(C(=O)C(CC(=O)N2CCC(N3Cc4ccccc4NC3=O)CC2)CN2CCC(N3CCCCC3)CC2)cc1Br. The minimum atomic E-state index is -0.450. The fraction of sp³-hybridized carbons (Fsp3) is 0.559. The number of ketones is 1. The molecule has 0 saturated carbocycles. The van der Waals surface area contributed by atoms with Gasteiger partial charge in [0.15, 0.2) is 5.78 Å². The van der Waals surface area contributed by atoms with Crippen LogP contribution in [0.4, 0.5) is 16.2 Å². The normalized spacial score (nSPS) is 21.3. The lowest BCUT2D eigenvalue weighted by molar-refractivity contribution is -0.133. The number of piperidine rings is 3. The zero-order chi connectivity index (χ0) is 31.5. The Labute approximate surface area is 283 Å². The van der Waals surface area contributed by atoms with Crippen LogP contribution in [0, 0.1) is 5.92 Å². The van der Waals surface area contributed by atoms with Crippen molar-refractivity contribution < 1.29 is 14.4 Å². The Balaban J connectivity index is 1.09. The molecule has 4 aliphatic heterocycles. The predicted octanol–water partition coefficient (Wildman–Crippen LogP) is 5.97. The first-order valence-corrected chi connectivity index (χ1v) is 18.0. The Morgan fingerprint density at radius 3 is 2.22 bits per heavy atom. The van der Waals surface area contributed by atoms with Crippen LogP contribution in [0.25, 0.3) is 0 Å². The van der Waals surface area contributed by atoms with E-state index in [1.165, 1.54) is 32.4 Å². The average Bonchev–Trinajstić information content (AvgIpc) is 3.06. The predicted molar refractivity (Wildman–Crippen MR) is 184 cm³/mol. The highest BCUT2D eigenvalue weighted by atomic mass is 79.9. The van der Waals surface area contributed by atoms with Crippen LogP contribution in [0.5, 0.6) is 0 Å². The Kier molecular flexibility index (Phi) is 10.5. The molecular formula is C34H44Br2N6O3. The van der Waals surface area contributed by atoms with E-state index in [4.69, 9.17) is 5.73 Å². The quantitative estimate of drug-likeness (QED) is 0.255. The van der Waals surface area contributed by atoms with E-state index in [2.05, 4.69) is 47.0 Å². The molecule has 4 heterocycles. The van der Waals surface area contributed by atoms with Crippen molar-refractivity contribution in [2.75, 3.05) is 56.9 Å². The molecule has 3 amide bonds. The topological polar surface area (TPSA) is 102 Å². The van der Waals surface area contributed by atoms with Gasteiger partial charge in [0.05, 0.1) is 5.69 Å². The van der Waals surface area contributed by atoms with Crippen LogP contribution in [0.15, 0.2) is 45.3 Å². The van der Waals surface area contributed by atoms with Crippen molar-refractivity contribution in [2.24, 2.45) is 5.92 Å². The molecule has 0 aliphatic carbocycles. The number of rotatable bonds is 8. The molecule has 0 radical (unpaired) electrons. The second-order valence-electron chi connectivity index (χ2n) is 13.1. The number of carbonyl (C=O) groups is 3. The Morgan fingerprint density at radius 1 is 0.889 bits per heavy atom. The number of urea groups is 1. The molecule has 1 atom stereocenters. The minimum absolute atomic E-state index is 0.0111. The summed E-state index contributed by atoms with van der Waals surface area (Å²) in [7, 11) is 0. The van der Waals surface area contributed by atoms with E-state index in [1.54, 1.807) is 12.1 Å². The molecule has 1 unspecified atom stereocenters. The third-order valence-electron chi connectivity index (χ3n) is 10.2. The molecule has 0 aromatic heterocycles. The van der Waals surface area contributed by atoms with Gasteiger partial charge in [0.2, 0.25) is 5.91 Å². The summed E-state index contributed by atoms with van der Waals surface area (Å²) in [5, 5.41) is 3.01. The molecule has 0 bridgehead atoms. The number of benzene rings is 2. The summed E-state index contributed by atoms with van der Waals surface area (Å²) in [5.74, 6) is -0.466. The number of hydrogen-bond acceptors (Lipinski definition) is 6. The van der Waals surface area contributed by atoms with Gasteiger partial charge in [-0.1, -0.05) is 24.6 Å². The summed E-state index contributed by atoms with van der Waals surface area (Å²) in [6, 6.07) is 12.1. The number of nitrogens with zero attached hydrogens (tertiary/aromatic N) is 4. The summed E-state index contributed by atoms with van der Waals surface area (Å²) in [6.07, 6.45) is 7.76. The molecule has 0 spiro atoms. The first-order valence-electron chi connectivity index (χ1n) is 16.4. The number of anilines is 2. The van der Waals surface area contributed by atoms with Gasteiger partial charge in [-0.3, -0.25) is 9.59 Å². The monoisotopic (exact) mass is 742 g/mol. The molecular weight excluding hydrogens is 700 g/mol. The van der Waals surface area contributed by atoms with Crippen LogP contribution >= 0.6 is 31.9 Å². The van der Waals surface area contributed by atoms with Gasteiger partial charge in [-0.15, -0.1) is 0 Å². The van der Waals surface area contributed by atoms with Gasteiger partial charge >= 0.3 is 6.03 Å². The third-order valence-corrected chi connectivity index (χ3v) is 11.5. The van der Waals surface area contributed by atoms with Gasteiger partial charge in [-0.05, 0) is 120 Å². The molecule has 11 heteroatoms. The van der Waals surface area contributed by atoms with E-state index in [1.807, 2.05) is 34.1 Å². The maximum atomic E-state index is 14.0. The first kappa shape index (κ1) is 32.5. The molecule has 45 heavy (non-hydrogen) atoms. The molecule has 6 rings (SSSR count). The molecule has 242 valence electrons. The standard InChI is InChI=1S/C34H44Br2N6O3/c35-28-18-24(19-29(36)32(28)37)33(44)25(21-39-14-8-26(9-15-39)40-12-4-1-5-13-40)20-31(43)41-16-10-27(11-17-41)42-22-23-6-2-3-7-30(23)38-34(42)45/h2-3,6-7,18-19,25-27H,1,4-5,8-17,20-22,37H2,(H,38,45). The smallest absolute Gasteiger partial charge is 0.322 e. The summed E-state index contributed by atoms with van der Waals surface area (Å²) in [4.78, 5) is 49.5. The van der Waals surface area contributed by atoms with Crippen molar-refractivity contribution in [3.63, 3.8) is 0 Å². The van der Waals surface area contributed by atoms with Crippen molar-refractivity contribution in [3.8, 4) is 0 Å². The van der Waals surface area contributed by atoms with Gasteiger partial charge in [0.1, 0.15) is 0 Å². The van der Waals surface area contributed by atoms with Gasteiger partial charge in [-0.25, -0.2) is 4.79 Å². The number of nitrogens with one attached hydrogen (secondary N) is 1. The van der Waals surface area contributed by atoms with E-state index >= 15 is 0 Å². The highest BCUT2D eigenvalue weighted by Crippen LogP contribution is 2.32. The molecule has 9 nitrogen and oxygen atoms in total. The molecule has 3 N–H and O–H groups in total. The number of Topliss-reactive ketones (excluding diaryl/α,β-unsaturated/α-hetero) is 1. The largest absolute Gasteiger partial charge is 0.397 e. The number of nitrogen functional groups attached to an aromatic ring is 1. The zero-order valence-electron chi connectivity index (χ0n) is 25.9. The average molecular weight is 745 g/mol. The van der Waals surface area contributed by atoms with Crippen molar-refractivity contribution in [2.45, 2.75) is 70.0 Å². The van der Waals surface area contributed by atoms with Crippen LogP contribution in [-0.4, -0.2) is 95.2 Å². The minimum Gasteiger partial charge on any atom is -0.397 e. The Hall–Kier alpha value is -2.47. The molecule has 2 aromatic rings. The van der Waals surface area contributed by atoms with Crippen LogP contribution in [0.3, 0.4) is 0 Å².